The first-order valence-corrected chi connectivity index (χ1v) is 8.32. The zero-order chi connectivity index (χ0) is 19.8. The number of nitrogens with two attached hydrogens (primary N) is 3. The number of aliphatic hydroxyl groups is 1. The van der Waals surface area contributed by atoms with Crippen LogP contribution in [0.5, 0.6) is 0 Å². The number of carboxylic acid groups (broad SMARTS) is 1. The Morgan fingerprint density at radius 2 is 2.07 bits per heavy atom. The van der Waals surface area contributed by atoms with E-state index in [2.05, 4.69) is 25.8 Å². The summed E-state index contributed by atoms with van der Waals surface area (Å²) in [5.74, 6) is -0.702. The van der Waals surface area contributed by atoms with Gasteiger partial charge in [0.25, 0.3) is 0 Å². The molecule has 0 aliphatic heterocycles. The van der Waals surface area contributed by atoms with E-state index in [1.807, 2.05) is 0 Å². The number of urea groups is 1. The van der Waals surface area contributed by atoms with Crippen LogP contribution in [0.3, 0.4) is 0 Å². The number of hydrogen-bond acceptors (Lipinski definition) is 8. The highest BCUT2D eigenvalue weighted by Crippen LogP contribution is 2.50. The predicted octanol–water partition coefficient (Wildman–Crippen LogP) is -2.71. The smallest absolute Gasteiger partial charge is 0.332 e. The molecule has 0 spiro atoms. The number of aliphatic carboxylic acids is 1. The van der Waals surface area contributed by atoms with Crippen molar-refractivity contribution in [2.75, 3.05) is 6.54 Å². The van der Waals surface area contributed by atoms with Gasteiger partial charge in [-0.3, -0.25) is 4.99 Å². The maximum atomic E-state index is 11.8. The number of aliphatic imine (C=N–C) groups is 1. The number of nitrogens with one attached hydrogen (secondary N) is 2. The van der Waals surface area contributed by atoms with Crippen LogP contribution < -0.4 is 27.8 Å². The highest BCUT2D eigenvalue weighted by molar-refractivity contribution is 5.90. The van der Waals surface area contributed by atoms with Crippen LogP contribution in [0, 0.1) is 5.92 Å². The quantitative estimate of drug-likeness (QED) is 0.181. The van der Waals surface area contributed by atoms with E-state index in [-0.39, 0.29) is 30.7 Å². The summed E-state index contributed by atoms with van der Waals surface area (Å²) in [6.07, 6.45) is 0.188. The molecule has 1 aromatic heterocycles. The van der Waals surface area contributed by atoms with Gasteiger partial charge >= 0.3 is 12.0 Å². The molecule has 2 saturated carbocycles. The summed E-state index contributed by atoms with van der Waals surface area (Å²) in [5, 5.41) is 26.9. The molecule has 0 saturated heterocycles. The number of amides is 2. The molecule has 13 nitrogen and oxygen atoms in total. The maximum absolute atomic E-state index is 11.8. The number of carbonyl (C=O) groups is 2. The van der Waals surface area contributed by atoms with Crippen LogP contribution in [0.2, 0.25) is 0 Å². The summed E-state index contributed by atoms with van der Waals surface area (Å²) in [6.45, 7) is 0.342. The molecule has 10 N–H and O–H groups in total. The lowest BCUT2D eigenvalue weighted by atomic mass is 10.1. The van der Waals surface area contributed by atoms with Crippen LogP contribution >= 0.6 is 0 Å². The Morgan fingerprint density at radius 1 is 1.37 bits per heavy atom. The Labute approximate surface area is 153 Å². The minimum absolute atomic E-state index is 0.0212. The molecule has 0 aromatic carbocycles. The Hall–Kier alpha value is -2.93. The highest BCUT2D eigenvalue weighted by Gasteiger charge is 2.61. The third-order valence-corrected chi connectivity index (χ3v) is 4.85. The van der Waals surface area contributed by atoms with Gasteiger partial charge in [-0.25, -0.2) is 9.59 Å². The molecule has 3 rings (SSSR count). The summed E-state index contributed by atoms with van der Waals surface area (Å²) >= 11 is 0. The van der Waals surface area contributed by atoms with Gasteiger partial charge in [0.1, 0.15) is 0 Å². The van der Waals surface area contributed by atoms with Crippen LogP contribution in [0.1, 0.15) is 31.0 Å². The SMILES string of the molecule is NC(N)=NCC[C@@H]1CC1(N)c1noc(CNC(=O)NC2(C(=O)O)C[C@H]2O)n1. The van der Waals surface area contributed by atoms with Crippen LogP contribution in [0.25, 0.3) is 0 Å². The van der Waals surface area contributed by atoms with E-state index < -0.39 is 29.2 Å². The molecule has 13 heteroatoms. The molecule has 27 heavy (non-hydrogen) atoms. The molecule has 1 aromatic rings. The Bertz CT molecular complexity index is 777. The number of hydrogen-bond donors (Lipinski definition) is 7. The van der Waals surface area contributed by atoms with Gasteiger partial charge in [-0.05, 0) is 18.8 Å². The lowest BCUT2D eigenvalue weighted by Crippen LogP contribution is -2.50. The molecule has 2 aliphatic carbocycles. The van der Waals surface area contributed by atoms with Gasteiger partial charge in [-0.1, -0.05) is 5.16 Å². The van der Waals surface area contributed by atoms with Gasteiger partial charge < -0.3 is 42.6 Å². The third-order valence-electron chi connectivity index (χ3n) is 4.85. The summed E-state index contributed by atoms with van der Waals surface area (Å²) in [4.78, 5) is 31.0. The number of aromatic nitrogens is 2. The molecule has 0 radical (unpaired) electrons. The number of rotatable bonds is 8. The van der Waals surface area contributed by atoms with E-state index in [1.54, 1.807) is 0 Å². The van der Waals surface area contributed by atoms with E-state index in [0.29, 0.717) is 25.2 Å². The van der Waals surface area contributed by atoms with E-state index in [1.165, 1.54) is 0 Å². The van der Waals surface area contributed by atoms with Crippen molar-refractivity contribution < 1.29 is 24.3 Å². The van der Waals surface area contributed by atoms with Gasteiger partial charge in [-0.15, -0.1) is 0 Å². The van der Waals surface area contributed by atoms with E-state index >= 15 is 0 Å². The van der Waals surface area contributed by atoms with Gasteiger partial charge in [0.15, 0.2) is 17.3 Å². The fourth-order valence-electron chi connectivity index (χ4n) is 2.91. The normalized spacial score (nSPS) is 31.0. The molecule has 0 bridgehead atoms. The monoisotopic (exact) mass is 382 g/mol. The fraction of sp³-hybridized carbons (Fsp3) is 0.643. The molecule has 1 heterocycles. The lowest BCUT2D eigenvalue weighted by Gasteiger charge is -2.13. The van der Waals surface area contributed by atoms with Crippen molar-refractivity contribution >= 4 is 18.0 Å². The summed E-state index contributed by atoms with van der Waals surface area (Å²) in [6, 6.07) is -0.766. The second-order valence-electron chi connectivity index (χ2n) is 6.85. The Balaban J connectivity index is 1.48. The second-order valence-corrected chi connectivity index (χ2v) is 6.85. The van der Waals surface area contributed by atoms with Crippen LogP contribution in [0.4, 0.5) is 4.79 Å². The van der Waals surface area contributed by atoms with Gasteiger partial charge in [0.2, 0.25) is 5.89 Å². The average Bonchev–Trinajstić information content (AvgIpc) is 3.35. The van der Waals surface area contributed by atoms with Crippen LogP contribution in [0.15, 0.2) is 9.52 Å². The van der Waals surface area contributed by atoms with Crippen molar-refractivity contribution in [2.45, 2.75) is 43.0 Å². The Morgan fingerprint density at radius 3 is 2.67 bits per heavy atom. The van der Waals surface area contributed by atoms with Gasteiger partial charge in [-0.2, -0.15) is 4.98 Å². The van der Waals surface area contributed by atoms with Crippen molar-refractivity contribution in [3.05, 3.63) is 11.7 Å². The predicted molar refractivity (Wildman–Crippen MR) is 89.9 cm³/mol. The third kappa shape index (κ3) is 3.78. The van der Waals surface area contributed by atoms with Crippen molar-refractivity contribution in [1.82, 2.24) is 20.8 Å². The average molecular weight is 382 g/mol. The number of guanidine groups is 1. The molecular formula is C14H22N8O5. The molecule has 2 fully saturated rings. The minimum atomic E-state index is -1.64. The van der Waals surface area contributed by atoms with Crippen molar-refractivity contribution in [1.29, 1.82) is 0 Å². The number of aliphatic hydroxyl groups excluding tert-OH is 1. The van der Waals surface area contributed by atoms with Gasteiger partial charge in [0.05, 0.1) is 18.2 Å². The molecule has 2 unspecified atom stereocenters. The van der Waals surface area contributed by atoms with Crippen molar-refractivity contribution in [3.8, 4) is 0 Å². The maximum Gasteiger partial charge on any atom is 0.332 e. The number of carbonyl (C=O) groups excluding carboxylic acids is 1. The lowest BCUT2D eigenvalue weighted by molar-refractivity contribution is -0.141. The van der Waals surface area contributed by atoms with Crippen molar-refractivity contribution in [3.63, 3.8) is 0 Å². The van der Waals surface area contributed by atoms with E-state index in [9.17, 15) is 14.7 Å². The number of nitrogens with zero attached hydrogens (tertiary/aromatic N) is 3. The first-order chi connectivity index (χ1) is 12.7. The molecule has 2 amide bonds. The van der Waals surface area contributed by atoms with Crippen molar-refractivity contribution in [2.24, 2.45) is 28.1 Å². The summed E-state index contributed by atoms with van der Waals surface area (Å²) in [5.41, 5.74) is 14.5. The minimum Gasteiger partial charge on any atom is -0.479 e. The zero-order valence-electron chi connectivity index (χ0n) is 14.4. The standard InChI is InChI=1S/C14H22N8O5/c15-11(16)18-2-1-6-3-13(6,17)9-20-8(27-22-9)5-19-12(26)21-14(10(24)25)4-7(14)23/h6-7,23H,1-5,17H2,(H,24,25)(H4,15,16,18)(H2,19,21,26)/t6-,7-,13?,14?/m1/s1. The van der Waals surface area contributed by atoms with Crippen LogP contribution in [-0.2, 0) is 16.9 Å². The second kappa shape index (κ2) is 6.66. The van der Waals surface area contributed by atoms with Gasteiger partial charge in [0, 0.05) is 13.0 Å². The van der Waals surface area contributed by atoms with E-state index in [0.717, 1.165) is 0 Å². The molecule has 148 valence electrons. The summed E-state index contributed by atoms with van der Waals surface area (Å²) in [7, 11) is 0. The largest absolute Gasteiger partial charge is 0.479 e. The highest BCUT2D eigenvalue weighted by atomic mass is 16.5. The Kier molecular flexibility index (Phi) is 4.65. The molecule has 4 atom stereocenters. The first kappa shape index (κ1) is 18.8. The fourth-order valence-corrected chi connectivity index (χ4v) is 2.91. The first-order valence-electron chi connectivity index (χ1n) is 8.32. The topological polar surface area (TPSA) is 228 Å². The van der Waals surface area contributed by atoms with Crippen LogP contribution in [-0.4, -0.2) is 56.5 Å². The number of carboxylic acids is 1. The van der Waals surface area contributed by atoms with E-state index in [4.69, 9.17) is 26.8 Å². The summed E-state index contributed by atoms with van der Waals surface area (Å²) < 4.78 is 5.07. The molecular weight excluding hydrogens is 360 g/mol. The zero-order valence-corrected chi connectivity index (χ0v) is 14.4. The molecule has 2 aliphatic rings.